The number of nitrogens with zero attached hydrogens (tertiary/aromatic N) is 4. The van der Waals surface area contributed by atoms with Crippen LogP contribution in [0.1, 0.15) is 46.6 Å². The highest BCUT2D eigenvalue weighted by Gasteiger charge is 2.45. The molecule has 2 saturated heterocycles. The monoisotopic (exact) mass is 584 g/mol. The summed E-state index contributed by atoms with van der Waals surface area (Å²) in [4.78, 5) is 20.5. The summed E-state index contributed by atoms with van der Waals surface area (Å²) in [6.07, 6.45) is 5.93. The van der Waals surface area contributed by atoms with E-state index < -0.39 is 5.82 Å². The molecule has 2 aliphatic rings. The number of pyridine rings is 1. The fourth-order valence-electron chi connectivity index (χ4n) is 5.29. The first kappa shape index (κ1) is 33.6. The van der Waals surface area contributed by atoms with Crippen molar-refractivity contribution in [3.05, 3.63) is 77.1 Å². The summed E-state index contributed by atoms with van der Waals surface area (Å²) in [7, 11) is 0. The van der Waals surface area contributed by atoms with Crippen molar-refractivity contribution >= 4 is 29.1 Å². The third-order valence-corrected chi connectivity index (χ3v) is 8.10. The molecule has 7 nitrogen and oxygen atoms in total. The van der Waals surface area contributed by atoms with Crippen LogP contribution in [0.25, 0.3) is 0 Å². The Labute approximate surface area is 246 Å². The smallest absolute Gasteiger partial charge is 0.227 e. The molecule has 2 N–H and O–H groups in total. The number of amidine groups is 1. The largest absolute Gasteiger partial charge is 0.356 e. The molecule has 0 bridgehead atoms. The first-order chi connectivity index (χ1) is 19.4. The molecular weight excluding hydrogens is 546 g/mol. The van der Waals surface area contributed by atoms with Gasteiger partial charge in [0.05, 0.1) is 17.1 Å². The number of nitrogens with one attached hydrogen (secondary N) is 2. The molecule has 0 spiro atoms. The van der Waals surface area contributed by atoms with Gasteiger partial charge < -0.3 is 9.80 Å². The molecule has 0 aliphatic carbocycles. The summed E-state index contributed by atoms with van der Waals surface area (Å²) in [6.45, 7) is 12.9. The zero-order valence-corrected chi connectivity index (χ0v) is 25.1. The Balaban J connectivity index is 0.000000500. The van der Waals surface area contributed by atoms with Crippen LogP contribution in [0, 0.1) is 51.5 Å². The number of rotatable bonds is 4. The van der Waals surface area contributed by atoms with Crippen molar-refractivity contribution in [3.63, 3.8) is 0 Å². The fourth-order valence-corrected chi connectivity index (χ4v) is 5.45. The maximum Gasteiger partial charge on any atom is 0.227 e. The summed E-state index contributed by atoms with van der Waals surface area (Å²) in [5, 5.41) is 24.5. The molecule has 3 unspecified atom stereocenters. The predicted molar refractivity (Wildman–Crippen MR) is 159 cm³/mol. The van der Waals surface area contributed by atoms with Crippen LogP contribution in [0.4, 0.5) is 8.78 Å². The topological polar surface area (TPSA) is 108 Å². The van der Waals surface area contributed by atoms with E-state index in [1.54, 1.807) is 6.07 Å². The Morgan fingerprint density at radius 2 is 1.66 bits per heavy atom. The Morgan fingerprint density at radius 1 is 1.05 bits per heavy atom. The first-order valence-electron chi connectivity index (χ1n) is 13.8. The number of halogens is 3. The van der Waals surface area contributed by atoms with Crippen LogP contribution in [0.3, 0.4) is 0 Å². The molecule has 4 rings (SSSR count). The van der Waals surface area contributed by atoms with Crippen LogP contribution < -0.4 is 0 Å². The van der Waals surface area contributed by atoms with E-state index in [1.165, 1.54) is 36.5 Å². The lowest BCUT2D eigenvalue weighted by Crippen LogP contribution is -2.55. The molecule has 2 aliphatic heterocycles. The van der Waals surface area contributed by atoms with Crippen LogP contribution in [0.2, 0.25) is 5.02 Å². The van der Waals surface area contributed by atoms with Gasteiger partial charge in [-0.15, -0.1) is 0 Å². The Hall–Kier alpha value is -3.64. The highest BCUT2D eigenvalue weighted by molar-refractivity contribution is 6.30. The molecule has 3 heterocycles. The molecule has 2 fully saturated rings. The number of carbonyl (C=O) groups is 1. The van der Waals surface area contributed by atoms with Gasteiger partial charge >= 0.3 is 0 Å². The molecule has 1 amide bonds. The van der Waals surface area contributed by atoms with E-state index in [2.05, 4.69) is 25.8 Å². The minimum Gasteiger partial charge on any atom is -0.356 e. The summed E-state index contributed by atoms with van der Waals surface area (Å²) in [5.41, 5.74) is 0.776. The van der Waals surface area contributed by atoms with Crippen molar-refractivity contribution in [2.75, 3.05) is 26.2 Å². The highest BCUT2D eigenvalue weighted by Crippen LogP contribution is 2.43. The number of benzene rings is 1. The molecule has 2 aromatic rings. The standard InChI is InChI=1S/C24H30FN5O.C5H3ClFN.C2H6/c1-16-13-30(14-17(2)24(16,3)19-4-6-20(25)7-5-19)23(31)18-10-11-29(15-18)22(28)9-8-21(27)12-26;6-4-1-5(7)3-8-2-4;1-2/h4-9,16-18,27-28H,10-11,13-15H2,1-3H3;1-3H;1-2H3/b9-8-,27-21?,28-22?;;. The Bertz CT molecular complexity index is 1250. The SMILES string of the molecule is CC.CC1CN(C(=O)C2CCN(C(=N)/C=C\C(=N)C#N)C2)CC(C)C1(C)c1ccc(F)cc1.Fc1cncc(Cl)c1. The van der Waals surface area contributed by atoms with E-state index in [0.717, 1.165) is 11.8 Å². The van der Waals surface area contributed by atoms with Gasteiger partial charge in [0.1, 0.15) is 29.3 Å². The van der Waals surface area contributed by atoms with Gasteiger partial charge in [0, 0.05) is 37.8 Å². The Kier molecular flexibility index (Phi) is 12.6. The minimum atomic E-state index is -0.405. The summed E-state index contributed by atoms with van der Waals surface area (Å²) >= 11 is 5.34. The highest BCUT2D eigenvalue weighted by atomic mass is 35.5. The van der Waals surface area contributed by atoms with E-state index in [-0.39, 0.29) is 46.4 Å². The van der Waals surface area contributed by atoms with Crippen LogP contribution in [-0.4, -0.2) is 58.4 Å². The Morgan fingerprint density at radius 3 is 2.17 bits per heavy atom. The van der Waals surface area contributed by atoms with Crippen molar-refractivity contribution in [2.24, 2.45) is 17.8 Å². The van der Waals surface area contributed by atoms with Gasteiger partial charge in [0.15, 0.2) is 0 Å². The van der Waals surface area contributed by atoms with Crippen molar-refractivity contribution in [1.29, 1.82) is 16.1 Å². The molecule has 220 valence electrons. The van der Waals surface area contributed by atoms with Gasteiger partial charge in [-0.05, 0) is 54.2 Å². The van der Waals surface area contributed by atoms with E-state index >= 15 is 0 Å². The van der Waals surface area contributed by atoms with Gasteiger partial charge in [-0.1, -0.05) is 58.4 Å². The van der Waals surface area contributed by atoms with Gasteiger partial charge in [0.2, 0.25) is 5.91 Å². The molecule has 1 aromatic heterocycles. The van der Waals surface area contributed by atoms with Crippen molar-refractivity contribution in [1.82, 2.24) is 14.8 Å². The number of amides is 1. The van der Waals surface area contributed by atoms with Gasteiger partial charge in [0.25, 0.3) is 0 Å². The van der Waals surface area contributed by atoms with E-state index in [9.17, 15) is 13.6 Å². The van der Waals surface area contributed by atoms with Gasteiger partial charge in [-0.25, -0.2) is 8.78 Å². The maximum atomic E-state index is 13.4. The number of likely N-dealkylation sites (tertiary alicyclic amines) is 2. The van der Waals surface area contributed by atoms with Crippen LogP contribution in [-0.2, 0) is 10.2 Å². The van der Waals surface area contributed by atoms with E-state index in [0.29, 0.717) is 37.6 Å². The molecular formula is C31H39ClF2N6O. The third-order valence-electron chi connectivity index (χ3n) is 7.89. The van der Waals surface area contributed by atoms with Crippen LogP contribution in [0.15, 0.2) is 54.9 Å². The molecule has 0 radical (unpaired) electrons. The fraction of sp³-hybridized carbons (Fsp3) is 0.452. The summed E-state index contributed by atoms with van der Waals surface area (Å²) in [6, 6.07) is 9.65. The van der Waals surface area contributed by atoms with Crippen molar-refractivity contribution in [2.45, 2.75) is 46.5 Å². The number of allylic oxidation sites excluding steroid dienone is 1. The third kappa shape index (κ3) is 8.67. The van der Waals surface area contributed by atoms with E-state index in [1.807, 2.05) is 35.8 Å². The summed E-state index contributed by atoms with van der Waals surface area (Å²) < 4.78 is 25.4. The first-order valence-corrected chi connectivity index (χ1v) is 14.1. The van der Waals surface area contributed by atoms with Gasteiger partial charge in [-0.2, -0.15) is 5.26 Å². The van der Waals surface area contributed by atoms with E-state index in [4.69, 9.17) is 27.7 Å². The lowest BCUT2D eigenvalue weighted by Gasteiger charge is -2.50. The maximum absolute atomic E-state index is 13.4. The normalized spacial score (nSPS) is 23.5. The average Bonchev–Trinajstić information content (AvgIpc) is 3.46. The molecule has 10 heteroatoms. The summed E-state index contributed by atoms with van der Waals surface area (Å²) in [5.74, 6) is -0.00145. The minimum absolute atomic E-state index is 0.129. The number of nitriles is 1. The zero-order valence-electron chi connectivity index (χ0n) is 24.3. The lowest BCUT2D eigenvalue weighted by molar-refractivity contribution is -0.139. The molecule has 41 heavy (non-hydrogen) atoms. The van der Waals surface area contributed by atoms with Crippen molar-refractivity contribution in [3.8, 4) is 6.07 Å². The number of aromatic nitrogens is 1. The van der Waals surface area contributed by atoms with Crippen LogP contribution >= 0.6 is 11.6 Å². The second kappa shape index (κ2) is 15.4. The predicted octanol–water partition coefficient (Wildman–Crippen LogP) is 6.50. The van der Waals surface area contributed by atoms with Crippen LogP contribution in [0.5, 0.6) is 0 Å². The number of carbonyl (C=O) groups excluding carboxylic acids is 1. The zero-order chi connectivity index (χ0) is 30.7. The molecule has 0 saturated carbocycles. The number of hydrogen-bond acceptors (Lipinski definition) is 5. The lowest BCUT2D eigenvalue weighted by atomic mass is 9.62. The van der Waals surface area contributed by atoms with Crippen molar-refractivity contribution < 1.29 is 13.6 Å². The number of piperidine rings is 1. The number of hydrogen-bond donors (Lipinski definition) is 2. The second-order valence-corrected chi connectivity index (χ2v) is 10.8. The second-order valence-electron chi connectivity index (χ2n) is 10.3. The van der Waals surface area contributed by atoms with Gasteiger partial charge in [-0.3, -0.25) is 20.6 Å². The average molecular weight is 585 g/mol. The molecule has 1 aromatic carbocycles. The molecule has 3 atom stereocenters. The quantitative estimate of drug-likeness (QED) is 0.316.